The summed E-state index contributed by atoms with van der Waals surface area (Å²) in [4.78, 5) is 54.8. The standard InChI is InChI=1S/C26H43N7O6/c1-14(2)12-19(23(36)33-20(25(38)39)13-16-7-9-17(34)10-8-16)32-22(35)18(6-5-11-30-26(28)29)31-24(37)21(27)15(3)4/h7-10,14-15,18-21,34H,5-6,11-13,27H2,1-4H3,(H,31,37)(H,32,35)(H,33,36)(H,38,39)(H4,28,29,30). The smallest absolute Gasteiger partial charge is 0.326 e. The van der Waals surface area contributed by atoms with E-state index < -0.39 is 47.9 Å². The summed E-state index contributed by atoms with van der Waals surface area (Å²) in [6, 6.07) is 1.76. The van der Waals surface area contributed by atoms with Crippen LogP contribution < -0.4 is 33.2 Å². The minimum Gasteiger partial charge on any atom is -0.508 e. The van der Waals surface area contributed by atoms with Crippen LogP contribution in [0.3, 0.4) is 0 Å². The Morgan fingerprint density at radius 2 is 1.41 bits per heavy atom. The van der Waals surface area contributed by atoms with E-state index in [-0.39, 0.29) is 49.4 Å². The van der Waals surface area contributed by atoms with Gasteiger partial charge in [0.2, 0.25) is 17.7 Å². The number of nitrogens with zero attached hydrogens (tertiary/aromatic N) is 1. The van der Waals surface area contributed by atoms with Crippen molar-refractivity contribution in [2.24, 2.45) is 34.0 Å². The van der Waals surface area contributed by atoms with Gasteiger partial charge in [0.05, 0.1) is 6.04 Å². The zero-order valence-corrected chi connectivity index (χ0v) is 23.0. The fraction of sp³-hybridized carbons (Fsp3) is 0.577. The van der Waals surface area contributed by atoms with Crippen molar-refractivity contribution in [2.45, 2.75) is 77.5 Å². The molecule has 0 aromatic heterocycles. The number of phenolic OH excluding ortho intramolecular Hbond substituents is 1. The van der Waals surface area contributed by atoms with E-state index in [1.54, 1.807) is 26.0 Å². The van der Waals surface area contributed by atoms with Crippen molar-refractivity contribution in [3.8, 4) is 5.75 Å². The second-order valence-corrected chi connectivity index (χ2v) is 10.2. The van der Waals surface area contributed by atoms with Crippen molar-refractivity contribution < 1.29 is 29.4 Å². The van der Waals surface area contributed by atoms with Crippen LogP contribution in [0.5, 0.6) is 5.75 Å². The van der Waals surface area contributed by atoms with E-state index in [0.717, 1.165) is 0 Å². The predicted octanol–water partition coefficient (Wildman–Crippen LogP) is -0.443. The summed E-state index contributed by atoms with van der Waals surface area (Å²) in [7, 11) is 0. The fourth-order valence-electron chi connectivity index (χ4n) is 3.66. The van der Waals surface area contributed by atoms with Crippen molar-refractivity contribution in [1.29, 1.82) is 0 Å². The van der Waals surface area contributed by atoms with Gasteiger partial charge in [0.25, 0.3) is 0 Å². The molecule has 4 unspecified atom stereocenters. The van der Waals surface area contributed by atoms with Gasteiger partial charge in [0, 0.05) is 13.0 Å². The number of rotatable bonds is 16. The summed E-state index contributed by atoms with van der Waals surface area (Å²) < 4.78 is 0. The molecular formula is C26H43N7O6. The molecule has 0 saturated carbocycles. The van der Waals surface area contributed by atoms with E-state index in [2.05, 4.69) is 20.9 Å². The molecule has 0 bridgehead atoms. The van der Waals surface area contributed by atoms with Crippen molar-refractivity contribution in [3.05, 3.63) is 29.8 Å². The number of carboxylic acids is 1. The zero-order valence-electron chi connectivity index (χ0n) is 23.0. The highest BCUT2D eigenvalue weighted by molar-refractivity contribution is 5.94. The van der Waals surface area contributed by atoms with Crippen LogP contribution in [-0.4, -0.2) is 70.6 Å². The topological polar surface area (TPSA) is 235 Å². The molecule has 0 fully saturated rings. The number of aliphatic carboxylic acids is 1. The minimum atomic E-state index is -1.27. The number of nitrogens with one attached hydrogen (secondary N) is 3. The number of phenols is 1. The van der Waals surface area contributed by atoms with Gasteiger partial charge in [-0.25, -0.2) is 4.79 Å². The Morgan fingerprint density at radius 3 is 1.92 bits per heavy atom. The maximum absolute atomic E-state index is 13.3. The van der Waals surface area contributed by atoms with Gasteiger partial charge >= 0.3 is 5.97 Å². The average Bonchev–Trinajstić information content (AvgIpc) is 2.84. The number of amides is 3. The summed E-state index contributed by atoms with van der Waals surface area (Å²) >= 11 is 0. The second kappa shape index (κ2) is 16.2. The molecule has 1 aromatic rings. The van der Waals surface area contributed by atoms with Gasteiger partial charge in [0.1, 0.15) is 23.9 Å². The number of aliphatic imine (C=N–C) groups is 1. The van der Waals surface area contributed by atoms with Crippen LogP contribution in [0.1, 0.15) is 52.5 Å². The predicted molar refractivity (Wildman–Crippen MR) is 147 cm³/mol. The Kier molecular flexibility index (Phi) is 13.7. The van der Waals surface area contributed by atoms with E-state index in [1.165, 1.54) is 12.1 Å². The molecule has 1 aromatic carbocycles. The Bertz CT molecular complexity index is 993. The third kappa shape index (κ3) is 12.5. The second-order valence-electron chi connectivity index (χ2n) is 10.2. The number of benzene rings is 1. The largest absolute Gasteiger partial charge is 0.508 e. The summed E-state index contributed by atoms with van der Waals surface area (Å²) in [5.74, 6) is -3.32. The molecule has 0 aliphatic heterocycles. The highest BCUT2D eigenvalue weighted by Crippen LogP contribution is 2.13. The third-order valence-electron chi connectivity index (χ3n) is 5.93. The van der Waals surface area contributed by atoms with E-state index in [4.69, 9.17) is 17.2 Å². The van der Waals surface area contributed by atoms with Crippen LogP contribution in [0.15, 0.2) is 29.3 Å². The molecule has 13 nitrogen and oxygen atoms in total. The lowest BCUT2D eigenvalue weighted by molar-refractivity contribution is -0.142. The first-order chi connectivity index (χ1) is 18.2. The molecule has 0 aliphatic rings. The lowest BCUT2D eigenvalue weighted by Crippen LogP contribution is -2.58. The molecule has 4 atom stereocenters. The Labute approximate surface area is 229 Å². The van der Waals surface area contributed by atoms with E-state index in [9.17, 15) is 29.4 Å². The fourth-order valence-corrected chi connectivity index (χ4v) is 3.66. The van der Waals surface area contributed by atoms with E-state index >= 15 is 0 Å². The average molecular weight is 550 g/mol. The maximum Gasteiger partial charge on any atom is 0.326 e. The molecule has 0 radical (unpaired) electrons. The van der Waals surface area contributed by atoms with Crippen molar-refractivity contribution >= 4 is 29.7 Å². The van der Waals surface area contributed by atoms with E-state index in [0.29, 0.717) is 12.0 Å². The number of hydrogen-bond donors (Lipinski definition) is 8. The SMILES string of the molecule is CC(C)CC(NC(=O)C(CCCN=C(N)N)NC(=O)C(N)C(C)C)C(=O)NC(Cc1ccc(O)cc1)C(=O)O. The van der Waals surface area contributed by atoms with Gasteiger partial charge in [-0.3, -0.25) is 19.4 Å². The van der Waals surface area contributed by atoms with Crippen LogP contribution in [0.2, 0.25) is 0 Å². The molecule has 11 N–H and O–H groups in total. The summed E-state index contributed by atoms with van der Waals surface area (Å²) in [6.45, 7) is 7.49. The van der Waals surface area contributed by atoms with Crippen LogP contribution in [0.25, 0.3) is 0 Å². The van der Waals surface area contributed by atoms with Gasteiger partial charge in [-0.05, 0) is 48.8 Å². The molecule has 1 rings (SSSR count). The monoisotopic (exact) mass is 549 g/mol. The lowest BCUT2D eigenvalue weighted by Gasteiger charge is -2.26. The highest BCUT2D eigenvalue weighted by atomic mass is 16.4. The summed E-state index contributed by atoms with van der Waals surface area (Å²) in [6.07, 6.45) is 0.735. The molecule has 0 spiro atoms. The van der Waals surface area contributed by atoms with Crippen molar-refractivity contribution in [3.63, 3.8) is 0 Å². The molecule has 0 saturated heterocycles. The number of guanidine groups is 1. The highest BCUT2D eigenvalue weighted by Gasteiger charge is 2.31. The van der Waals surface area contributed by atoms with Crippen LogP contribution in [0.4, 0.5) is 0 Å². The number of nitrogens with two attached hydrogens (primary N) is 3. The Hall–Kier alpha value is -3.87. The van der Waals surface area contributed by atoms with E-state index in [1.807, 2.05) is 13.8 Å². The van der Waals surface area contributed by atoms with Crippen molar-refractivity contribution in [1.82, 2.24) is 16.0 Å². The van der Waals surface area contributed by atoms with Gasteiger partial charge in [-0.1, -0.05) is 39.8 Å². The number of carbonyl (C=O) groups is 4. The van der Waals surface area contributed by atoms with Crippen LogP contribution in [-0.2, 0) is 25.6 Å². The molecule has 0 heterocycles. The summed E-state index contributed by atoms with van der Waals surface area (Å²) in [5, 5.41) is 27.0. The summed E-state index contributed by atoms with van der Waals surface area (Å²) in [5.41, 5.74) is 17.2. The van der Waals surface area contributed by atoms with Gasteiger partial charge in [0.15, 0.2) is 5.96 Å². The molecule has 3 amide bonds. The molecule has 218 valence electrons. The maximum atomic E-state index is 13.3. The number of carboxylic acid groups (broad SMARTS) is 1. The van der Waals surface area contributed by atoms with Crippen LogP contribution in [0, 0.1) is 11.8 Å². The number of hydrogen-bond acceptors (Lipinski definition) is 7. The molecule has 0 aliphatic carbocycles. The zero-order chi connectivity index (χ0) is 29.7. The van der Waals surface area contributed by atoms with Crippen LogP contribution >= 0.6 is 0 Å². The van der Waals surface area contributed by atoms with Crippen molar-refractivity contribution in [2.75, 3.05) is 6.54 Å². The quantitative estimate of drug-likeness (QED) is 0.0756. The third-order valence-corrected chi connectivity index (χ3v) is 5.93. The molecule has 39 heavy (non-hydrogen) atoms. The Balaban J connectivity index is 3.06. The number of carbonyl (C=O) groups excluding carboxylic acids is 3. The van der Waals surface area contributed by atoms with Gasteiger partial charge < -0.3 is 43.4 Å². The first kappa shape index (κ1) is 33.2. The minimum absolute atomic E-state index is 0.0225. The first-order valence-corrected chi connectivity index (χ1v) is 12.9. The normalized spacial score (nSPS) is 14.1. The van der Waals surface area contributed by atoms with Gasteiger partial charge in [-0.2, -0.15) is 0 Å². The first-order valence-electron chi connectivity index (χ1n) is 12.9. The molecule has 13 heteroatoms. The number of aromatic hydroxyl groups is 1. The van der Waals surface area contributed by atoms with Gasteiger partial charge in [-0.15, -0.1) is 0 Å². The lowest BCUT2D eigenvalue weighted by atomic mass is 10.00. The Morgan fingerprint density at radius 1 is 0.872 bits per heavy atom. The molecular weight excluding hydrogens is 506 g/mol.